The second-order valence-corrected chi connectivity index (χ2v) is 6.53. The number of ether oxygens (including phenoxy) is 2. The molecular weight excluding hydrogens is 378 g/mol. The van der Waals surface area contributed by atoms with E-state index < -0.39 is 0 Å². The average molecular weight is 399 g/mol. The Morgan fingerprint density at radius 1 is 1.18 bits per heavy atom. The fraction of sp³-hybridized carbons (Fsp3) is 0.250. The van der Waals surface area contributed by atoms with Crippen LogP contribution in [0, 0.1) is 0 Å². The van der Waals surface area contributed by atoms with Crippen molar-refractivity contribution in [3.63, 3.8) is 0 Å². The van der Waals surface area contributed by atoms with Crippen molar-refractivity contribution >= 4 is 35.0 Å². The van der Waals surface area contributed by atoms with Gasteiger partial charge in [0.2, 0.25) is 0 Å². The molecule has 0 aliphatic heterocycles. The van der Waals surface area contributed by atoms with E-state index in [0.29, 0.717) is 35.5 Å². The first-order valence-corrected chi connectivity index (χ1v) is 9.88. The fourth-order valence-electron chi connectivity index (χ4n) is 2.40. The number of fused-ring (bicyclic) bond motifs is 1. The summed E-state index contributed by atoms with van der Waals surface area (Å²) in [5.41, 5.74) is 4.75. The van der Waals surface area contributed by atoms with Gasteiger partial charge in [0.1, 0.15) is 5.52 Å². The summed E-state index contributed by atoms with van der Waals surface area (Å²) in [6, 6.07) is 12.9. The minimum absolute atomic E-state index is 0.150. The van der Waals surface area contributed by atoms with Gasteiger partial charge in [0.25, 0.3) is 11.1 Å². The average Bonchev–Trinajstić information content (AvgIpc) is 3.12. The van der Waals surface area contributed by atoms with E-state index in [1.54, 1.807) is 6.21 Å². The molecule has 0 aliphatic carbocycles. The number of hydrogen-bond acceptors (Lipinski definition) is 7. The molecule has 0 bridgehead atoms. The summed E-state index contributed by atoms with van der Waals surface area (Å²) in [4.78, 5) is 16.3. The number of nitrogens with zero attached hydrogens (tertiary/aromatic N) is 2. The zero-order valence-corrected chi connectivity index (χ0v) is 16.5. The molecule has 1 aromatic heterocycles. The molecule has 2 aromatic carbocycles. The number of oxazole rings is 1. The minimum Gasteiger partial charge on any atom is -0.490 e. The van der Waals surface area contributed by atoms with Crippen LogP contribution in [0.5, 0.6) is 11.5 Å². The number of nitrogens with one attached hydrogen (secondary N) is 1. The van der Waals surface area contributed by atoms with E-state index in [1.165, 1.54) is 11.8 Å². The van der Waals surface area contributed by atoms with Crippen LogP contribution in [0.3, 0.4) is 0 Å². The first-order valence-electron chi connectivity index (χ1n) is 8.89. The molecule has 0 atom stereocenters. The quantitative estimate of drug-likeness (QED) is 0.334. The standard InChI is InChI=1S/C20H21N3O4S/c1-3-25-17-10-9-14(11-18(17)26-4-2)12-21-23-19(24)13-28-20-22-15-7-5-6-8-16(15)27-20/h5-12H,3-4,13H2,1-2H3,(H,23,24)/b21-12+. The molecule has 0 saturated carbocycles. The molecule has 0 spiro atoms. The maximum atomic E-state index is 12.0. The van der Waals surface area contributed by atoms with E-state index in [9.17, 15) is 4.79 Å². The van der Waals surface area contributed by atoms with Crippen molar-refractivity contribution in [2.75, 3.05) is 19.0 Å². The molecule has 1 amide bonds. The van der Waals surface area contributed by atoms with E-state index in [2.05, 4.69) is 15.5 Å². The van der Waals surface area contributed by atoms with Gasteiger partial charge in [-0.05, 0) is 49.7 Å². The molecule has 0 radical (unpaired) electrons. The molecule has 1 N–H and O–H groups in total. The molecule has 3 rings (SSSR count). The number of aromatic nitrogens is 1. The van der Waals surface area contributed by atoms with Crippen molar-refractivity contribution in [1.82, 2.24) is 10.4 Å². The lowest BCUT2D eigenvalue weighted by Gasteiger charge is -2.11. The fourth-order valence-corrected chi connectivity index (χ4v) is 3.03. The van der Waals surface area contributed by atoms with Crippen molar-refractivity contribution in [3.05, 3.63) is 48.0 Å². The second-order valence-electron chi connectivity index (χ2n) is 5.60. The predicted molar refractivity (Wildman–Crippen MR) is 109 cm³/mol. The van der Waals surface area contributed by atoms with Crippen LogP contribution in [0.2, 0.25) is 0 Å². The molecule has 1 heterocycles. The first kappa shape index (κ1) is 19.8. The summed E-state index contributed by atoms with van der Waals surface area (Å²) in [7, 11) is 0. The van der Waals surface area contributed by atoms with Gasteiger partial charge in [0.05, 0.1) is 25.2 Å². The minimum atomic E-state index is -0.250. The van der Waals surface area contributed by atoms with Crippen LogP contribution in [0.15, 0.2) is 57.2 Å². The van der Waals surface area contributed by atoms with Crippen molar-refractivity contribution in [2.45, 2.75) is 19.1 Å². The molecule has 7 nitrogen and oxygen atoms in total. The van der Waals surface area contributed by atoms with Crippen molar-refractivity contribution in [3.8, 4) is 11.5 Å². The Hall–Kier alpha value is -3.00. The van der Waals surface area contributed by atoms with Crippen LogP contribution in [0.4, 0.5) is 0 Å². The highest BCUT2D eigenvalue weighted by Gasteiger charge is 2.09. The number of thioether (sulfide) groups is 1. The molecule has 0 aliphatic rings. The van der Waals surface area contributed by atoms with Crippen LogP contribution in [0.1, 0.15) is 19.4 Å². The lowest BCUT2D eigenvalue weighted by molar-refractivity contribution is -0.118. The Labute approximate surface area is 167 Å². The van der Waals surface area contributed by atoms with E-state index in [-0.39, 0.29) is 11.7 Å². The lowest BCUT2D eigenvalue weighted by Crippen LogP contribution is -2.19. The van der Waals surface area contributed by atoms with Gasteiger partial charge in [-0.25, -0.2) is 10.4 Å². The third kappa shape index (κ3) is 5.26. The maximum absolute atomic E-state index is 12.0. The highest BCUT2D eigenvalue weighted by atomic mass is 32.2. The SMILES string of the molecule is CCOc1ccc(/C=N/NC(=O)CSc2nc3ccccc3o2)cc1OCC. The number of amides is 1. The van der Waals surface area contributed by atoms with Gasteiger partial charge in [-0.15, -0.1) is 0 Å². The summed E-state index contributed by atoms with van der Waals surface area (Å²) in [5.74, 6) is 1.23. The van der Waals surface area contributed by atoms with Gasteiger partial charge < -0.3 is 13.9 Å². The predicted octanol–water partition coefficient (Wildman–Crippen LogP) is 3.87. The highest BCUT2D eigenvalue weighted by molar-refractivity contribution is 7.99. The number of carbonyl (C=O) groups excluding carboxylic acids is 1. The monoisotopic (exact) mass is 399 g/mol. The molecule has 146 valence electrons. The van der Waals surface area contributed by atoms with Crippen LogP contribution in [-0.2, 0) is 4.79 Å². The molecule has 0 unspecified atom stereocenters. The summed E-state index contributed by atoms with van der Waals surface area (Å²) < 4.78 is 16.7. The van der Waals surface area contributed by atoms with Crippen LogP contribution < -0.4 is 14.9 Å². The Morgan fingerprint density at radius 2 is 1.96 bits per heavy atom. The van der Waals surface area contributed by atoms with Crippen LogP contribution in [0.25, 0.3) is 11.1 Å². The normalized spacial score (nSPS) is 11.1. The lowest BCUT2D eigenvalue weighted by atomic mass is 10.2. The number of carbonyl (C=O) groups is 1. The third-order valence-corrected chi connectivity index (χ3v) is 4.40. The Kier molecular flexibility index (Phi) is 6.91. The first-order chi connectivity index (χ1) is 13.7. The molecule has 28 heavy (non-hydrogen) atoms. The van der Waals surface area contributed by atoms with Gasteiger partial charge in [-0.1, -0.05) is 23.9 Å². The van der Waals surface area contributed by atoms with Gasteiger partial charge >= 0.3 is 0 Å². The van der Waals surface area contributed by atoms with E-state index >= 15 is 0 Å². The third-order valence-electron chi connectivity index (χ3n) is 3.57. The Morgan fingerprint density at radius 3 is 2.75 bits per heavy atom. The maximum Gasteiger partial charge on any atom is 0.257 e. The van der Waals surface area contributed by atoms with Gasteiger partial charge in [-0.3, -0.25) is 4.79 Å². The number of hydrazone groups is 1. The van der Waals surface area contributed by atoms with E-state index in [1.807, 2.05) is 56.3 Å². The number of benzene rings is 2. The Balaban J connectivity index is 1.53. The van der Waals surface area contributed by atoms with E-state index in [4.69, 9.17) is 13.9 Å². The van der Waals surface area contributed by atoms with Crippen molar-refractivity contribution in [2.24, 2.45) is 5.10 Å². The number of rotatable bonds is 9. The molecule has 8 heteroatoms. The van der Waals surface area contributed by atoms with Crippen molar-refractivity contribution in [1.29, 1.82) is 0 Å². The van der Waals surface area contributed by atoms with Crippen molar-refractivity contribution < 1.29 is 18.7 Å². The van der Waals surface area contributed by atoms with Crippen LogP contribution >= 0.6 is 11.8 Å². The Bertz CT molecular complexity index is 938. The largest absolute Gasteiger partial charge is 0.490 e. The zero-order valence-electron chi connectivity index (χ0n) is 15.7. The highest BCUT2D eigenvalue weighted by Crippen LogP contribution is 2.28. The van der Waals surface area contributed by atoms with Gasteiger partial charge in [-0.2, -0.15) is 5.10 Å². The number of para-hydroxylation sites is 2. The smallest absolute Gasteiger partial charge is 0.257 e. The topological polar surface area (TPSA) is 86.0 Å². The summed E-state index contributed by atoms with van der Waals surface area (Å²) in [6.07, 6.45) is 1.56. The van der Waals surface area contributed by atoms with Gasteiger partial charge in [0, 0.05) is 0 Å². The van der Waals surface area contributed by atoms with Gasteiger partial charge in [0.15, 0.2) is 17.1 Å². The molecule has 0 fully saturated rings. The van der Waals surface area contributed by atoms with Crippen LogP contribution in [-0.4, -0.2) is 36.1 Å². The summed E-state index contributed by atoms with van der Waals surface area (Å²) >= 11 is 1.22. The molecule has 3 aromatic rings. The molecular formula is C20H21N3O4S. The zero-order chi connectivity index (χ0) is 19.8. The second kappa shape index (κ2) is 9.80. The number of hydrogen-bond donors (Lipinski definition) is 1. The summed E-state index contributed by atoms with van der Waals surface area (Å²) in [5, 5.41) is 4.44. The van der Waals surface area contributed by atoms with E-state index in [0.717, 1.165) is 11.1 Å². The molecule has 0 saturated heterocycles. The summed E-state index contributed by atoms with van der Waals surface area (Å²) in [6.45, 7) is 4.91.